The third-order valence-corrected chi connectivity index (χ3v) is 5.04. The Morgan fingerprint density at radius 3 is 2.86 bits per heavy atom. The number of hydrogen-bond donors (Lipinski definition) is 1. The van der Waals surface area contributed by atoms with Gasteiger partial charge in [-0.05, 0) is 44.1 Å². The molecule has 0 saturated carbocycles. The van der Waals surface area contributed by atoms with Crippen molar-refractivity contribution in [1.82, 2.24) is 19.4 Å². The predicted molar refractivity (Wildman–Crippen MR) is 91.3 cm³/mol. The minimum Gasteiger partial charge on any atom is -0.317 e. The third kappa shape index (κ3) is 2.01. The highest BCUT2D eigenvalue weighted by atomic mass is 79.9. The number of hydrogen-bond acceptors (Lipinski definition) is 3. The van der Waals surface area contributed by atoms with Crippen molar-refractivity contribution >= 4 is 37.9 Å². The zero-order valence-electron chi connectivity index (χ0n) is 12.3. The van der Waals surface area contributed by atoms with Gasteiger partial charge in [-0.3, -0.25) is 14.1 Å². The van der Waals surface area contributed by atoms with E-state index in [1.807, 2.05) is 29.9 Å². The molecule has 114 valence electrons. The van der Waals surface area contributed by atoms with Gasteiger partial charge in [0.05, 0.1) is 22.7 Å². The summed E-state index contributed by atoms with van der Waals surface area (Å²) in [4.78, 5) is 17.3. The molecule has 0 amide bonds. The van der Waals surface area contributed by atoms with Crippen LogP contribution < -0.4 is 11.0 Å². The van der Waals surface area contributed by atoms with Crippen molar-refractivity contribution in [2.24, 2.45) is 7.05 Å². The number of halogens is 1. The van der Waals surface area contributed by atoms with Crippen LogP contribution in [0.1, 0.15) is 18.9 Å². The Balaban J connectivity index is 2.11. The van der Waals surface area contributed by atoms with Gasteiger partial charge < -0.3 is 5.32 Å². The molecule has 0 unspecified atom stereocenters. The van der Waals surface area contributed by atoms with Crippen LogP contribution in [0.3, 0.4) is 0 Å². The lowest BCUT2D eigenvalue weighted by molar-refractivity contribution is 0.366. The second-order valence-electron chi connectivity index (χ2n) is 5.85. The molecule has 1 aliphatic heterocycles. The Morgan fingerprint density at radius 2 is 2.09 bits per heavy atom. The Labute approximate surface area is 136 Å². The SMILES string of the molecule is Cn1c(=O)n(C2CCNCC2)c2c3cc(Br)ccc3ncc21. The summed E-state index contributed by atoms with van der Waals surface area (Å²) < 4.78 is 4.69. The second kappa shape index (κ2) is 5.21. The molecule has 2 aromatic heterocycles. The average molecular weight is 361 g/mol. The number of benzene rings is 1. The summed E-state index contributed by atoms with van der Waals surface area (Å²) >= 11 is 3.53. The lowest BCUT2D eigenvalue weighted by Gasteiger charge is -2.24. The molecule has 0 spiro atoms. The molecule has 0 aliphatic carbocycles. The molecule has 5 nitrogen and oxygen atoms in total. The van der Waals surface area contributed by atoms with Crippen molar-refractivity contribution in [3.63, 3.8) is 0 Å². The van der Waals surface area contributed by atoms with Gasteiger partial charge in [-0.2, -0.15) is 0 Å². The van der Waals surface area contributed by atoms with Crippen molar-refractivity contribution in [3.8, 4) is 0 Å². The number of rotatable bonds is 1. The Hall–Kier alpha value is -1.66. The molecule has 3 aromatic rings. The number of pyridine rings is 1. The summed E-state index contributed by atoms with van der Waals surface area (Å²) in [5, 5.41) is 4.39. The zero-order chi connectivity index (χ0) is 15.3. The largest absolute Gasteiger partial charge is 0.329 e. The average Bonchev–Trinajstić information content (AvgIpc) is 2.80. The number of aromatic nitrogens is 3. The lowest BCUT2D eigenvalue weighted by atomic mass is 10.1. The van der Waals surface area contributed by atoms with Gasteiger partial charge in [0.1, 0.15) is 0 Å². The van der Waals surface area contributed by atoms with Crippen LogP contribution in [0, 0.1) is 0 Å². The number of piperidine rings is 1. The van der Waals surface area contributed by atoms with E-state index in [1.165, 1.54) is 0 Å². The van der Waals surface area contributed by atoms with E-state index in [-0.39, 0.29) is 11.7 Å². The lowest BCUT2D eigenvalue weighted by Crippen LogP contribution is -2.34. The molecule has 1 aromatic carbocycles. The number of nitrogens with zero attached hydrogens (tertiary/aromatic N) is 3. The third-order valence-electron chi connectivity index (χ3n) is 4.55. The van der Waals surface area contributed by atoms with Crippen LogP contribution in [-0.2, 0) is 7.05 Å². The fraction of sp³-hybridized carbons (Fsp3) is 0.375. The van der Waals surface area contributed by atoms with E-state index in [0.29, 0.717) is 0 Å². The minimum absolute atomic E-state index is 0.0520. The van der Waals surface area contributed by atoms with Crippen LogP contribution in [0.4, 0.5) is 0 Å². The normalized spacial score (nSPS) is 16.6. The van der Waals surface area contributed by atoms with Crippen molar-refractivity contribution in [2.45, 2.75) is 18.9 Å². The highest BCUT2D eigenvalue weighted by Crippen LogP contribution is 2.29. The molecule has 3 heterocycles. The maximum Gasteiger partial charge on any atom is 0.329 e. The van der Waals surface area contributed by atoms with E-state index < -0.39 is 0 Å². The van der Waals surface area contributed by atoms with E-state index in [2.05, 4.69) is 32.3 Å². The van der Waals surface area contributed by atoms with Crippen LogP contribution in [0.25, 0.3) is 21.9 Å². The van der Waals surface area contributed by atoms with E-state index in [0.717, 1.165) is 52.3 Å². The van der Waals surface area contributed by atoms with Crippen LogP contribution in [-0.4, -0.2) is 27.2 Å². The Kier molecular flexibility index (Phi) is 3.31. The molecular formula is C16H17BrN4O. The molecule has 6 heteroatoms. The van der Waals surface area contributed by atoms with Crippen LogP contribution >= 0.6 is 15.9 Å². The number of fused-ring (bicyclic) bond motifs is 3. The Morgan fingerprint density at radius 1 is 1.32 bits per heavy atom. The van der Waals surface area contributed by atoms with Gasteiger partial charge in [0.15, 0.2) is 0 Å². The van der Waals surface area contributed by atoms with E-state index >= 15 is 0 Å². The van der Waals surface area contributed by atoms with Crippen molar-refractivity contribution in [1.29, 1.82) is 0 Å². The standard InChI is InChI=1S/C16H17BrN4O/c1-20-14-9-19-13-3-2-10(17)8-12(13)15(14)21(16(20)22)11-4-6-18-7-5-11/h2-3,8-9,11,18H,4-7H2,1H3. The van der Waals surface area contributed by atoms with Crippen molar-refractivity contribution in [3.05, 3.63) is 39.4 Å². The number of imidazole rings is 1. The predicted octanol–water partition coefficient (Wildman–Crippen LogP) is 2.58. The Bertz CT molecular complexity index is 921. The highest BCUT2D eigenvalue weighted by Gasteiger charge is 2.22. The molecule has 0 bridgehead atoms. The smallest absolute Gasteiger partial charge is 0.317 e. The minimum atomic E-state index is 0.0520. The summed E-state index contributed by atoms with van der Waals surface area (Å²) in [6.07, 6.45) is 3.78. The first-order chi connectivity index (χ1) is 10.7. The van der Waals surface area contributed by atoms with Gasteiger partial charge in [0.25, 0.3) is 0 Å². The zero-order valence-corrected chi connectivity index (χ0v) is 13.9. The monoisotopic (exact) mass is 360 g/mol. The molecule has 1 fully saturated rings. The van der Waals surface area contributed by atoms with E-state index in [1.54, 1.807) is 4.57 Å². The topological polar surface area (TPSA) is 51.9 Å². The summed E-state index contributed by atoms with van der Waals surface area (Å²) in [5.74, 6) is 0. The van der Waals surface area contributed by atoms with Crippen molar-refractivity contribution < 1.29 is 0 Å². The number of aryl methyl sites for hydroxylation is 1. The van der Waals surface area contributed by atoms with Crippen LogP contribution in [0.15, 0.2) is 33.7 Å². The molecule has 22 heavy (non-hydrogen) atoms. The van der Waals surface area contributed by atoms with Gasteiger partial charge in [-0.25, -0.2) is 4.79 Å². The summed E-state index contributed by atoms with van der Waals surface area (Å²) in [7, 11) is 1.83. The maximum absolute atomic E-state index is 12.8. The van der Waals surface area contributed by atoms with Gasteiger partial charge in [-0.1, -0.05) is 15.9 Å². The van der Waals surface area contributed by atoms with E-state index in [9.17, 15) is 4.79 Å². The molecule has 0 radical (unpaired) electrons. The van der Waals surface area contributed by atoms with Gasteiger partial charge in [-0.15, -0.1) is 0 Å². The highest BCUT2D eigenvalue weighted by molar-refractivity contribution is 9.10. The van der Waals surface area contributed by atoms with Gasteiger partial charge in [0.2, 0.25) is 0 Å². The van der Waals surface area contributed by atoms with Crippen LogP contribution in [0.2, 0.25) is 0 Å². The summed E-state index contributed by atoms with van der Waals surface area (Å²) in [5.41, 5.74) is 2.87. The van der Waals surface area contributed by atoms with Gasteiger partial charge >= 0.3 is 5.69 Å². The quantitative estimate of drug-likeness (QED) is 0.725. The fourth-order valence-electron chi connectivity index (χ4n) is 3.40. The molecule has 1 aliphatic rings. The molecule has 1 saturated heterocycles. The molecule has 4 rings (SSSR count). The summed E-state index contributed by atoms with van der Waals surface area (Å²) in [6, 6.07) is 6.28. The second-order valence-corrected chi connectivity index (χ2v) is 6.76. The first-order valence-corrected chi connectivity index (χ1v) is 8.32. The summed E-state index contributed by atoms with van der Waals surface area (Å²) in [6.45, 7) is 1.92. The molecule has 1 N–H and O–H groups in total. The maximum atomic E-state index is 12.8. The molecular weight excluding hydrogens is 344 g/mol. The molecule has 0 atom stereocenters. The first kappa shape index (κ1) is 14.0. The first-order valence-electron chi connectivity index (χ1n) is 7.53. The fourth-order valence-corrected chi connectivity index (χ4v) is 3.76. The van der Waals surface area contributed by atoms with E-state index in [4.69, 9.17) is 0 Å². The number of nitrogens with one attached hydrogen (secondary N) is 1. The van der Waals surface area contributed by atoms with Crippen molar-refractivity contribution in [2.75, 3.05) is 13.1 Å². The van der Waals surface area contributed by atoms with Crippen LogP contribution in [0.5, 0.6) is 0 Å². The van der Waals surface area contributed by atoms with Gasteiger partial charge in [0, 0.05) is 22.9 Å².